The summed E-state index contributed by atoms with van der Waals surface area (Å²) in [5, 5.41) is 0. The number of rotatable bonds is 2. The van der Waals surface area contributed by atoms with Crippen LogP contribution in [0.3, 0.4) is 0 Å². The molecular formula is C14H18BrFN2O. The fourth-order valence-corrected chi connectivity index (χ4v) is 3.02. The average Bonchev–Trinajstić information content (AvgIpc) is 2.38. The van der Waals surface area contributed by atoms with E-state index in [1.807, 2.05) is 0 Å². The van der Waals surface area contributed by atoms with Gasteiger partial charge in [-0.2, -0.15) is 0 Å². The highest BCUT2D eigenvalue weighted by Crippen LogP contribution is 2.22. The Kier molecular flexibility index (Phi) is 4.58. The highest BCUT2D eigenvalue weighted by Gasteiger charge is 2.28. The first-order valence-corrected chi connectivity index (χ1v) is 7.31. The Bertz CT molecular complexity index is 460. The van der Waals surface area contributed by atoms with E-state index in [4.69, 9.17) is 0 Å². The highest BCUT2D eigenvalue weighted by molar-refractivity contribution is 9.10. The molecule has 104 valence electrons. The third-order valence-electron chi connectivity index (χ3n) is 3.64. The molecule has 1 fully saturated rings. The van der Waals surface area contributed by atoms with Crippen molar-refractivity contribution in [3.05, 3.63) is 34.1 Å². The van der Waals surface area contributed by atoms with Crippen molar-refractivity contribution in [2.24, 2.45) is 0 Å². The van der Waals surface area contributed by atoms with Gasteiger partial charge in [0.2, 0.25) is 0 Å². The summed E-state index contributed by atoms with van der Waals surface area (Å²) in [4.78, 5) is 16.5. The van der Waals surface area contributed by atoms with Crippen molar-refractivity contribution >= 4 is 21.8 Å². The molecule has 1 heterocycles. The standard InChI is InChI=1S/C14H18BrFN2O/c1-3-17-7-8-18(9-10(17)2)14(19)13-11(15)5-4-6-12(13)16/h4-6,10H,3,7-9H2,1-2H3. The van der Waals surface area contributed by atoms with Gasteiger partial charge < -0.3 is 4.90 Å². The van der Waals surface area contributed by atoms with Crippen LogP contribution in [0.1, 0.15) is 24.2 Å². The molecule has 0 saturated carbocycles. The van der Waals surface area contributed by atoms with Gasteiger partial charge in [-0.25, -0.2) is 4.39 Å². The van der Waals surface area contributed by atoms with E-state index >= 15 is 0 Å². The highest BCUT2D eigenvalue weighted by atomic mass is 79.9. The smallest absolute Gasteiger partial charge is 0.258 e. The first-order valence-electron chi connectivity index (χ1n) is 6.52. The summed E-state index contributed by atoms with van der Waals surface area (Å²) in [5.41, 5.74) is 0.139. The zero-order chi connectivity index (χ0) is 14.0. The van der Waals surface area contributed by atoms with Crippen molar-refractivity contribution in [1.82, 2.24) is 9.80 Å². The Morgan fingerprint density at radius 3 is 2.79 bits per heavy atom. The molecule has 1 aromatic rings. The van der Waals surface area contributed by atoms with E-state index in [9.17, 15) is 9.18 Å². The molecule has 19 heavy (non-hydrogen) atoms. The average molecular weight is 329 g/mol. The number of hydrogen-bond acceptors (Lipinski definition) is 2. The number of benzene rings is 1. The normalized spacial score (nSPS) is 20.6. The molecule has 2 rings (SSSR count). The summed E-state index contributed by atoms with van der Waals surface area (Å²) in [6.45, 7) is 7.33. The molecule has 0 N–H and O–H groups in total. The molecule has 3 nitrogen and oxygen atoms in total. The Labute approximate surface area is 121 Å². The van der Waals surface area contributed by atoms with Crippen molar-refractivity contribution < 1.29 is 9.18 Å². The van der Waals surface area contributed by atoms with Gasteiger partial charge in [0.15, 0.2) is 0 Å². The van der Waals surface area contributed by atoms with E-state index in [0.717, 1.165) is 13.1 Å². The molecule has 1 amide bonds. The van der Waals surface area contributed by atoms with Crippen LogP contribution in [0, 0.1) is 5.82 Å². The first-order chi connectivity index (χ1) is 9.04. The van der Waals surface area contributed by atoms with Crippen molar-refractivity contribution in [3.8, 4) is 0 Å². The van der Waals surface area contributed by atoms with Crippen LogP contribution in [0.5, 0.6) is 0 Å². The number of piperazine rings is 1. The molecule has 5 heteroatoms. The van der Waals surface area contributed by atoms with E-state index in [1.54, 1.807) is 17.0 Å². The predicted molar refractivity (Wildman–Crippen MR) is 76.7 cm³/mol. The monoisotopic (exact) mass is 328 g/mol. The molecule has 1 aromatic carbocycles. The maximum absolute atomic E-state index is 13.8. The van der Waals surface area contributed by atoms with Crippen molar-refractivity contribution in [3.63, 3.8) is 0 Å². The second-order valence-electron chi connectivity index (χ2n) is 4.83. The lowest BCUT2D eigenvalue weighted by molar-refractivity contribution is 0.0523. The second-order valence-corrected chi connectivity index (χ2v) is 5.68. The van der Waals surface area contributed by atoms with Crippen LogP contribution in [0.4, 0.5) is 4.39 Å². The van der Waals surface area contributed by atoms with Gasteiger partial charge in [-0.1, -0.05) is 13.0 Å². The van der Waals surface area contributed by atoms with Gasteiger partial charge in [0, 0.05) is 30.1 Å². The van der Waals surface area contributed by atoms with Crippen LogP contribution < -0.4 is 0 Å². The van der Waals surface area contributed by atoms with Gasteiger partial charge in [-0.15, -0.1) is 0 Å². The molecule has 1 atom stereocenters. The summed E-state index contributed by atoms with van der Waals surface area (Å²) in [7, 11) is 0. The van der Waals surface area contributed by atoms with Crippen LogP contribution >= 0.6 is 15.9 Å². The van der Waals surface area contributed by atoms with Gasteiger partial charge in [-0.3, -0.25) is 9.69 Å². The minimum absolute atomic E-state index is 0.139. The SMILES string of the molecule is CCN1CCN(C(=O)c2c(F)cccc2Br)CC1C. The van der Waals surface area contributed by atoms with Crippen LogP contribution in [0.25, 0.3) is 0 Å². The van der Waals surface area contributed by atoms with E-state index in [-0.39, 0.29) is 11.5 Å². The Morgan fingerprint density at radius 1 is 1.47 bits per heavy atom. The third kappa shape index (κ3) is 2.98. The summed E-state index contributed by atoms with van der Waals surface area (Å²) in [5.74, 6) is -0.697. The van der Waals surface area contributed by atoms with Crippen molar-refractivity contribution in [2.45, 2.75) is 19.9 Å². The molecule has 1 aliphatic rings. The van der Waals surface area contributed by atoms with Crippen LogP contribution in [0.2, 0.25) is 0 Å². The zero-order valence-electron chi connectivity index (χ0n) is 11.2. The summed E-state index contributed by atoms with van der Waals surface area (Å²) in [6.07, 6.45) is 0. The minimum atomic E-state index is -0.468. The van der Waals surface area contributed by atoms with Gasteiger partial charge in [0.05, 0.1) is 5.56 Å². The molecule has 0 bridgehead atoms. The van der Waals surface area contributed by atoms with Gasteiger partial charge in [-0.05, 0) is 41.5 Å². The van der Waals surface area contributed by atoms with Gasteiger partial charge >= 0.3 is 0 Å². The number of nitrogens with zero attached hydrogens (tertiary/aromatic N) is 2. The number of carbonyl (C=O) groups is 1. The van der Waals surface area contributed by atoms with Crippen LogP contribution in [-0.4, -0.2) is 47.9 Å². The fourth-order valence-electron chi connectivity index (χ4n) is 2.51. The molecule has 1 aliphatic heterocycles. The number of carbonyl (C=O) groups excluding carboxylic acids is 1. The maximum Gasteiger partial charge on any atom is 0.258 e. The Hall–Kier alpha value is -0.940. The summed E-state index contributed by atoms with van der Waals surface area (Å²) in [6, 6.07) is 4.92. The first kappa shape index (κ1) is 14.5. The third-order valence-corrected chi connectivity index (χ3v) is 4.30. The summed E-state index contributed by atoms with van der Waals surface area (Å²) < 4.78 is 14.3. The predicted octanol–water partition coefficient (Wildman–Crippen LogP) is 2.75. The van der Waals surface area contributed by atoms with E-state index < -0.39 is 5.82 Å². The van der Waals surface area contributed by atoms with E-state index in [1.165, 1.54) is 6.07 Å². The van der Waals surface area contributed by atoms with Gasteiger partial charge in [0.1, 0.15) is 5.82 Å². The van der Waals surface area contributed by atoms with Crippen LogP contribution in [0.15, 0.2) is 22.7 Å². The van der Waals surface area contributed by atoms with E-state index in [2.05, 4.69) is 34.7 Å². The summed E-state index contributed by atoms with van der Waals surface area (Å²) >= 11 is 3.26. The molecule has 1 unspecified atom stereocenters. The molecular weight excluding hydrogens is 311 g/mol. The number of likely N-dealkylation sites (N-methyl/N-ethyl adjacent to an activating group) is 1. The molecule has 0 spiro atoms. The lowest BCUT2D eigenvalue weighted by Crippen LogP contribution is -2.53. The number of hydrogen-bond donors (Lipinski definition) is 0. The van der Waals surface area contributed by atoms with Crippen molar-refractivity contribution in [2.75, 3.05) is 26.2 Å². The largest absolute Gasteiger partial charge is 0.336 e. The fraction of sp³-hybridized carbons (Fsp3) is 0.500. The lowest BCUT2D eigenvalue weighted by Gasteiger charge is -2.39. The number of amides is 1. The zero-order valence-corrected chi connectivity index (χ0v) is 12.8. The number of halogens is 2. The topological polar surface area (TPSA) is 23.6 Å². The van der Waals surface area contributed by atoms with Crippen molar-refractivity contribution in [1.29, 1.82) is 0 Å². The second kappa shape index (κ2) is 6.01. The van der Waals surface area contributed by atoms with E-state index in [0.29, 0.717) is 23.6 Å². The lowest BCUT2D eigenvalue weighted by atomic mass is 10.1. The Balaban J connectivity index is 2.17. The molecule has 0 aliphatic carbocycles. The molecule has 0 aromatic heterocycles. The quantitative estimate of drug-likeness (QED) is 0.833. The minimum Gasteiger partial charge on any atom is -0.336 e. The maximum atomic E-state index is 13.8. The van der Waals surface area contributed by atoms with Gasteiger partial charge in [0.25, 0.3) is 5.91 Å². The Morgan fingerprint density at radius 2 is 2.21 bits per heavy atom. The molecule has 1 saturated heterocycles. The van der Waals surface area contributed by atoms with Crippen LogP contribution in [-0.2, 0) is 0 Å². The molecule has 0 radical (unpaired) electrons.